The van der Waals surface area contributed by atoms with Crippen molar-refractivity contribution >= 4 is 29.3 Å². The standard InChI is InChI=1S/C17H12ClNO3S/c18-14-4-2-1-3-13(14)11-5-7-12(8-6-11)23-17-15(9-16(20)21)19-10-22-17/h1-8,10H,9H2,(H,20,21). The molecule has 3 rings (SSSR count). The molecule has 0 unspecified atom stereocenters. The molecule has 116 valence electrons. The van der Waals surface area contributed by atoms with Gasteiger partial charge in [0.25, 0.3) is 0 Å². The number of halogens is 1. The minimum atomic E-state index is -0.935. The van der Waals surface area contributed by atoms with Crippen LogP contribution in [-0.4, -0.2) is 16.1 Å². The first kappa shape index (κ1) is 15.6. The van der Waals surface area contributed by atoms with Gasteiger partial charge >= 0.3 is 5.97 Å². The molecule has 1 N–H and O–H groups in total. The van der Waals surface area contributed by atoms with Gasteiger partial charge in [-0.15, -0.1) is 0 Å². The fraction of sp³-hybridized carbons (Fsp3) is 0.0588. The summed E-state index contributed by atoms with van der Waals surface area (Å²) in [5, 5.41) is 10.1. The van der Waals surface area contributed by atoms with Gasteiger partial charge in [-0.3, -0.25) is 4.79 Å². The van der Waals surface area contributed by atoms with Gasteiger partial charge < -0.3 is 9.52 Å². The summed E-state index contributed by atoms with van der Waals surface area (Å²) in [5.41, 5.74) is 2.41. The molecule has 0 radical (unpaired) electrons. The Labute approximate surface area is 142 Å². The maximum Gasteiger partial charge on any atom is 0.309 e. The van der Waals surface area contributed by atoms with E-state index in [1.165, 1.54) is 18.2 Å². The van der Waals surface area contributed by atoms with Gasteiger partial charge in [0.1, 0.15) is 5.69 Å². The van der Waals surface area contributed by atoms with Crippen LogP contribution in [0.1, 0.15) is 5.69 Å². The number of aliphatic carboxylic acids is 1. The number of carboxylic acid groups (broad SMARTS) is 1. The molecule has 23 heavy (non-hydrogen) atoms. The molecule has 0 aliphatic carbocycles. The van der Waals surface area contributed by atoms with Crippen LogP contribution in [0.25, 0.3) is 11.1 Å². The second kappa shape index (κ2) is 6.89. The van der Waals surface area contributed by atoms with Crippen LogP contribution in [0.4, 0.5) is 0 Å². The Bertz CT molecular complexity index is 830. The maximum atomic E-state index is 10.8. The third-order valence-corrected chi connectivity index (χ3v) is 4.53. The molecule has 0 aliphatic rings. The molecule has 0 amide bonds. The molecule has 4 nitrogen and oxygen atoms in total. The van der Waals surface area contributed by atoms with E-state index in [4.69, 9.17) is 21.1 Å². The van der Waals surface area contributed by atoms with Crippen molar-refractivity contribution in [3.05, 3.63) is 65.6 Å². The van der Waals surface area contributed by atoms with E-state index in [0.717, 1.165) is 16.0 Å². The predicted molar refractivity (Wildman–Crippen MR) is 88.9 cm³/mol. The summed E-state index contributed by atoms with van der Waals surface area (Å²) in [6, 6.07) is 15.5. The van der Waals surface area contributed by atoms with E-state index in [9.17, 15) is 4.79 Å². The van der Waals surface area contributed by atoms with Crippen molar-refractivity contribution in [1.82, 2.24) is 4.98 Å². The lowest BCUT2D eigenvalue weighted by Gasteiger charge is -2.05. The number of carbonyl (C=O) groups is 1. The highest BCUT2D eigenvalue weighted by atomic mass is 35.5. The zero-order valence-electron chi connectivity index (χ0n) is 11.9. The summed E-state index contributed by atoms with van der Waals surface area (Å²) >= 11 is 7.54. The first-order valence-corrected chi connectivity index (χ1v) is 8.00. The molecule has 0 spiro atoms. The molecule has 2 aromatic carbocycles. The average molecular weight is 346 g/mol. The van der Waals surface area contributed by atoms with Crippen LogP contribution in [0.15, 0.2) is 69.3 Å². The lowest BCUT2D eigenvalue weighted by atomic mass is 10.1. The van der Waals surface area contributed by atoms with Crippen molar-refractivity contribution in [3.63, 3.8) is 0 Å². The Morgan fingerprint density at radius 1 is 1.17 bits per heavy atom. The lowest BCUT2D eigenvalue weighted by molar-refractivity contribution is -0.136. The van der Waals surface area contributed by atoms with Gasteiger partial charge in [-0.2, -0.15) is 0 Å². The highest BCUT2D eigenvalue weighted by Gasteiger charge is 2.13. The molecule has 0 atom stereocenters. The van der Waals surface area contributed by atoms with Crippen molar-refractivity contribution in [2.75, 3.05) is 0 Å². The Balaban J connectivity index is 1.80. The number of benzene rings is 2. The van der Waals surface area contributed by atoms with Crippen LogP contribution in [0.5, 0.6) is 0 Å². The molecule has 3 aromatic rings. The minimum absolute atomic E-state index is 0.156. The molecule has 0 bridgehead atoms. The number of oxazole rings is 1. The van der Waals surface area contributed by atoms with Crippen molar-refractivity contribution < 1.29 is 14.3 Å². The van der Waals surface area contributed by atoms with Crippen LogP contribution < -0.4 is 0 Å². The molecule has 0 aliphatic heterocycles. The smallest absolute Gasteiger partial charge is 0.309 e. The summed E-state index contributed by atoms with van der Waals surface area (Å²) in [6.45, 7) is 0. The zero-order chi connectivity index (χ0) is 16.2. The zero-order valence-corrected chi connectivity index (χ0v) is 13.5. The molecule has 1 aromatic heterocycles. The number of nitrogens with zero attached hydrogens (tertiary/aromatic N) is 1. The quantitative estimate of drug-likeness (QED) is 0.721. The monoisotopic (exact) mass is 345 g/mol. The number of carboxylic acids is 1. The highest BCUT2D eigenvalue weighted by molar-refractivity contribution is 7.99. The van der Waals surface area contributed by atoms with Gasteiger partial charge in [-0.1, -0.05) is 53.7 Å². The fourth-order valence-electron chi connectivity index (χ4n) is 2.11. The summed E-state index contributed by atoms with van der Waals surface area (Å²) in [7, 11) is 0. The van der Waals surface area contributed by atoms with E-state index < -0.39 is 5.97 Å². The molecular weight excluding hydrogens is 334 g/mol. The van der Waals surface area contributed by atoms with Crippen LogP contribution in [0.3, 0.4) is 0 Å². The Morgan fingerprint density at radius 3 is 2.61 bits per heavy atom. The van der Waals surface area contributed by atoms with Crippen LogP contribution in [0, 0.1) is 0 Å². The summed E-state index contributed by atoms with van der Waals surface area (Å²) in [4.78, 5) is 15.7. The first-order chi connectivity index (χ1) is 11.1. The molecular formula is C17H12ClNO3S. The largest absolute Gasteiger partial charge is 0.481 e. The third kappa shape index (κ3) is 3.75. The van der Waals surface area contributed by atoms with Crippen molar-refractivity contribution in [3.8, 4) is 11.1 Å². The second-order valence-corrected chi connectivity index (χ2v) is 6.22. The van der Waals surface area contributed by atoms with E-state index in [0.29, 0.717) is 15.8 Å². The van der Waals surface area contributed by atoms with Gasteiger partial charge in [-0.05, 0) is 23.8 Å². The van der Waals surface area contributed by atoms with Gasteiger partial charge in [0.05, 0.1) is 6.42 Å². The first-order valence-electron chi connectivity index (χ1n) is 6.80. The van der Waals surface area contributed by atoms with Gasteiger partial charge in [0.2, 0.25) is 0 Å². The lowest BCUT2D eigenvalue weighted by Crippen LogP contribution is -2.01. The second-order valence-electron chi connectivity index (χ2n) is 4.76. The molecule has 0 saturated carbocycles. The van der Waals surface area contributed by atoms with Crippen molar-refractivity contribution in [2.24, 2.45) is 0 Å². The summed E-state index contributed by atoms with van der Waals surface area (Å²) < 4.78 is 5.27. The Morgan fingerprint density at radius 2 is 1.91 bits per heavy atom. The average Bonchev–Trinajstić information content (AvgIpc) is 2.95. The van der Waals surface area contributed by atoms with Crippen molar-refractivity contribution in [2.45, 2.75) is 16.4 Å². The minimum Gasteiger partial charge on any atom is -0.481 e. The van der Waals surface area contributed by atoms with E-state index in [1.807, 2.05) is 48.5 Å². The van der Waals surface area contributed by atoms with E-state index in [-0.39, 0.29) is 6.42 Å². The summed E-state index contributed by atoms with van der Waals surface area (Å²) in [5.74, 6) is -0.935. The van der Waals surface area contributed by atoms with E-state index >= 15 is 0 Å². The topological polar surface area (TPSA) is 63.3 Å². The van der Waals surface area contributed by atoms with Crippen LogP contribution >= 0.6 is 23.4 Å². The summed E-state index contributed by atoms with van der Waals surface area (Å²) in [6.07, 6.45) is 1.11. The van der Waals surface area contributed by atoms with Gasteiger partial charge in [0.15, 0.2) is 11.5 Å². The van der Waals surface area contributed by atoms with Gasteiger partial charge in [-0.25, -0.2) is 4.98 Å². The molecule has 1 heterocycles. The van der Waals surface area contributed by atoms with E-state index in [2.05, 4.69) is 4.98 Å². The maximum absolute atomic E-state index is 10.8. The fourth-order valence-corrected chi connectivity index (χ4v) is 3.17. The Kier molecular flexibility index (Phi) is 4.69. The van der Waals surface area contributed by atoms with Crippen LogP contribution in [-0.2, 0) is 11.2 Å². The predicted octanol–water partition coefficient (Wildman–Crippen LogP) is 4.77. The normalized spacial score (nSPS) is 10.7. The van der Waals surface area contributed by atoms with Crippen molar-refractivity contribution in [1.29, 1.82) is 0 Å². The molecule has 6 heteroatoms. The highest BCUT2D eigenvalue weighted by Crippen LogP contribution is 2.33. The number of hydrogen-bond donors (Lipinski definition) is 1. The molecule has 0 fully saturated rings. The van der Waals surface area contributed by atoms with E-state index in [1.54, 1.807) is 0 Å². The third-order valence-electron chi connectivity index (χ3n) is 3.17. The number of rotatable bonds is 5. The SMILES string of the molecule is O=C(O)Cc1ncoc1Sc1ccc(-c2ccccc2Cl)cc1. The number of aromatic nitrogens is 1. The van der Waals surface area contributed by atoms with Crippen LogP contribution in [0.2, 0.25) is 5.02 Å². The Hall–Kier alpha value is -2.24. The van der Waals surface area contributed by atoms with Gasteiger partial charge in [0, 0.05) is 15.5 Å². The number of hydrogen-bond acceptors (Lipinski definition) is 4. The molecule has 0 saturated heterocycles.